The van der Waals surface area contributed by atoms with Crippen molar-refractivity contribution in [1.82, 2.24) is 0 Å². The molecule has 4 nitrogen and oxygen atoms in total. The summed E-state index contributed by atoms with van der Waals surface area (Å²) in [5.41, 5.74) is 4.01. The van der Waals surface area contributed by atoms with Crippen molar-refractivity contribution in [3.63, 3.8) is 0 Å². The van der Waals surface area contributed by atoms with Crippen molar-refractivity contribution in [1.29, 1.82) is 0 Å². The lowest BCUT2D eigenvalue weighted by molar-refractivity contribution is -0.137. The molecular formula is C11H11ClF3N3O. The number of carbonyl (C=O) groups excluding carboxylic acids is 1. The topological polar surface area (TPSA) is 67.5 Å². The molecule has 0 radical (unpaired) electrons. The predicted octanol–water partition coefficient (Wildman–Crippen LogP) is 2.89. The molecule has 1 rings (SSSR count). The van der Waals surface area contributed by atoms with E-state index in [1.807, 2.05) is 0 Å². The van der Waals surface area contributed by atoms with Crippen molar-refractivity contribution in [3.05, 3.63) is 23.8 Å². The highest BCUT2D eigenvalue weighted by molar-refractivity contribution is 6.28. The minimum atomic E-state index is -4.61. The van der Waals surface area contributed by atoms with Crippen LogP contribution in [-0.2, 0) is 11.0 Å². The van der Waals surface area contributed by atoms with Gasteiger partial charge in [0.1, 0.15) is 5.84 Å². The number of nitrogens with two attached hydrogens (primary N) is 1. The lowest BCUT2D eigenvalue weighted by atomic mass is 10.1. The normalized spacial score (nSPS) is 12.4. The molecule has 8 heteroatoms. The van der Waals surface area contributed by atoms with E-state index in [0.29, 0.717) is 0 Å². The van der Waals surface area contributed by atoms with Gasteiger partial charge in [0.25, 0.3) is 0 Å². The molecule has 1 amide bonds. The monoisotopic (exact) mass is 293 g/mol. The number of amides is 1. The molecule has 19 heavy (non-hydrogen) atoms. The first-order valence-corrected chi connectivity index (χ1v) is 5.65. The van der Waals surface area contributed by atoms with Crippen molar-refractivity contribution in [2.24, 2.45) is 10.7 Å². The van der Waals surface area contributed by atoms with Gasteiger partial charge in [-0.3, -0.25) is 4.79 Å². The molecule has 1 aromatic carbocycles. The van der Waals surface area contributed by atoms with E-state index in [1.165, 1.54) is 13.0 Å². The van der Waals surface area contributed by atoms with Crippen molar-refractivity contribution in [2.45, 2.75) is 13.1 Å². The Labute approximate surface area is 112 Å². The predicted molar refractivity (Wildman–Crippen MR) is 67.8 cm³/mol. The smallest absolute Gasteiger partial charge is 0.386 e. The number of carbonyl (C=O) groups is 1. The Balaban J connectivity index is 3.29. The lowest BCUT2D eigenvalue weighted by Gasteiger charge is -2.12. The van der Waals surface area contributed by atoms with Gasteiger partial charge in [-0.1, -0.05) is 0 Å². The first kappa shape index (κ1) is 15.3. The van der Waals surface area contributed by atoms with E-state index in [9.17, 15) is 18.0 Å². The Morgan fingerprint density at radius 2 is 2.11 bits per heavy atom. The molecule has 0 aromatic heterocycles. The van der Waals surface area contributed by atoms with Gasteiger partial charge in [0.05, 0.1) is 17.1 Å². The number of hydrogen-bond acceptors (Lipinski definition) is 2. The molecule has 0 bridgehead atoms. The molecular weight excluding hydrogens is 283 g/mol. The Hall–Kier alpha value is -1.76. The fraction of sp³-hybridized carbons (Fsp3) is 0.273. The number of hydrogen-bond donors (Lipinski definition) is 2. The highest BCUT2D eigenvalue weighted by Crippen LogP contribution is 2.38. The van der Waals surface area contributed by atoms with Gasteiger partial charge in [0.15, 0.2) is 0 Å². The average Bonchev–Trinajstić information content (AvgIpc) is 2.28. The second-order valence-corrected chi connectivity index (χ2v) is 3.91. The molecule has 1 aromatic rings. The summed E-state index contributed by atoms with van der Waals surface area (Å²) in [4.78, 5) is 14.4. The molecule has 0 aliphatic carbocycles. The van der Waals surface area contributed by atoms with Crippen molar-refractivity contribution in [3.8, 4) is 0 Å². The van der Waals surface area contributed by atoms with E-state index in [0.717, 1.165) is 12.1 Å². The molecule has 0 saturated carbocycles. The zero-order valence-corrected chi connectivity index (χ0v) is 10.6. The van der Waals surface area contributed by atoms with Gasteiger partial charge in [0, 0.05) is 12.6 Å². The summed E-state index contributed by atoms with van der Waals surface area (Å²) in [6.45, 7) is 1.20. The van der Waals surface area contributed by atoms with Crippen LogP contribution in [0.1, 0.15) is 12.5 Å². The van der Waals surface area contributed by atoms with Crippen LogP contribution in [0.4, 0.5) is 24.5 Å². The summed E-state index contributed by atoms with van der Waals surface area (Å²) >= 11 is 5.37. The van der Waals surface area contributed by atoms with Crippen LogP contribution in [0.5, 0.6) is 0 Å². The summed E-state index contributed by atoms with van der Waals surface area (Å²) in [5, 5.41) is 2.27. The fourth-order valence-electron chi connectivity index (χ4n) is 1.33. The first-order valence-electron chi connectivity index (χ1n) is 5.12. The molecule has 3 N–H and O–H groups in total. The Bertz CT molecular complexity index is 514. The molecule has 0 unspecified atom stereocenters. The molecule has 0 fully saturated rings. The van der Waals surface area contributed by atoms with Gasteiger partial charge in [-0.15, -0.1) is 11.6 Å². The number of nitrogens with zero attached hydrogens (tertiary/aromatic N) is 1. The van der Waals surface area contributed by atoms with E-state index < -0.39 is 17.6 Å². The largest absolute Gasteiger partial charge is 0.418 e. The summed E-state index contributed by atoms with van der Waals surface area (Å²) in [7, 11) is 0. The molecule has 0 atom stereocenters. The molecule has 0 aliphatic heterocycles. The number of nitrogens with one attached hydrogen (secondary N) is 1. The highest BCUT2D eigenvalue weighted by Gasteiger charge is 2.34. The standard InChI is InChI=1S/C11H11ClF3N3O/c1-6(19)17-7-2-3-9(18-10(16)5-12)8(4-7)11(13,14)15/h2-4H,5H2,1H3,(H2,16,18)(H,17,19). The van der Waals surface area contributed by atoms with Crippen LogP contribution in [0.2, 0.25) is 0 Å². The fourth-order valence-corrected chi connectivity index (χ4v) is 1.39. The maximum Gasteiger partial charge on any atom is 0.418 e. The molecule has 0 heterocycles. The van der Waals surface area contributed by atoms with Gasteiger partial charge in [-0.05, 0) is 18.2 Å². The third-order valence-corrected chi connectivity index (χ3v) is 2.30. The van der Waals surface area contributed by atoms with Crippen LogP contribution >= 0.6 is 11.6 Å². The second kappa shape index (κ2) is 5.92. The van der Waals surface area contributed by atoms with E-state index in [1.54, 1.807) is 0 Å². The number of halogens is 4. The maximum absolute atomic E-state index is 12.9. The zero-order chi connectivity index (χ0) is 14.6. The van der Waals surface area contributed by atoms with Gasteiger partial charge in [-0.2, -0.15) is 13.2 Å². The summed E-state index contributed by atoms with van der Waals surface area (Å²) < 4.78 is 38.6. The van der Waals surface area contributed by atoms with Crippen LogP contribution in [-0.4, -0.2) is 17.6 Å². The molecule has 104 valence electrons. The number of benzene rings is 1. The van der Waals surface area contributed by atoms with Crippen molar-refractivity contribution >= 4 is 34.7 Å². The van der Waals surface area contributed by atoms with E-state index >= 15 is 0 Å². The minimum absolute atomic E-state index is 0.0308. The third-order valence-electron chi connectivity index (χ3n) is 2.02. The number of anilines is 1. The average molecular weight is 294 g/mol. The molecule has 0 aliphatic rings. The third kappa shape index (κ3) is 4.44. The number of rotatable bonds is 3. The van der Waals surface area contributed by atoms with Crippen LogP contribution in [0.15, 0.2) is 23.2 Å². The van der Waals surface area contributed by atoms with Crippen molar-refractivity contribution in [2.75, 3.05) is 11.2 Å². The second-order valence-electron chi connectivity index (χ2n) is 3.65. The summed E-state index contributed by atoms with van der Waals surface area (Å²) in [6.07, 6.45) is -4.61. The highest BCUT2D eigenvalue weighted by atomic mass is 35.5. The van der Waals surface area contributed by atoms with Crippen LogP contribution < -0.4 is 11.1 Å². The van der Waals surface area contributed by atoms with E-state index in [2.05, 4.69) is 10.3 Å². The SMILES string of the molecule is CC(=O)Nc1ccc(N=C(N)CCl)c(C(F)(F)F)c1. The molecule has 0 saturated heterocycles. The van der Waals surface area contributed by atoms with Gasteiger partial charge in [-0.25, -0.2) is 4.99 Å². The number of alkyl halides is 4. The quantitative estimate of drug-likeness (QED) is 0.511. The van der Waals surface area contributed by atoms with Crippen LogP contribution in [0, 0.1) is 0 Å². The van der Waals surface area contributed by atoms with Crippen LogP contribution in [0.3, 0.4) is 0 Å². The lowest BCUT2D eigenvalue weighted by Crippen LogP contribution is -2.14. The Morgan fingerprint density at radius 1 is 1.47 bits per heavy atom. The Morgan fingerprint density at radius 3 is 2.58 bits per heavy atom. The number of aliphatic imine (C=N–C) groups is 1. The Kier molecular flexibility index (Phi) is 4.77. The van der Waals surface area contributed by atoms with E-state index in [4.69, 9.17) is 17.3 Å². The van der Waals surface area contributed by atoms with E-state index in [-0.39, 0.29) is 23.1 Å². The van der Waals surface area contributed by atoms with Crippen molar-refractivity contribution < 1.29 is 18.0 Å². The number of amidine groups is 1. The van der Waals surface area contributed by atoms with Gasteiger partial charge < -0.3 is 11.1 Å². The summed E-state index contributed by atoms with van der Waals surface area (Å²) in [5.74, 6) is -0.769. The van der Waals surface area contributed by atoms with Gasteiger partial charge in [0.2, 0.25) is 5.91 Å². The minimum Gasteiger partial charge on any atom is -0.386 e. The first-order chi connectivity index (χ1) is 8.74. The molecule has 0 spiro atoms. The maximum atomic E-state index is 12.9. The van der Waals surface area contributed by atoms with Gasteiger partial charge >= 0.3 is 6.18 Å². The summed E-state index contributed by atoms with van der Waals surface area (Å²) in [6, 6.07) is 3.21. The van der Waals surface area contributed by atoms with Crippen LogP contribution in [0.25, 0.3) is 0 Å². The zero-order valence-electron chi connectivity index (χ0n) is 9.88.